The zero-order valence-electron chi connectivity index (χ0n) is 11.8. The summed E-state index contributed by atoms with van der Waals surface area (Å²) in [7, 11) is 0. The van der Waals surface area contributed by atoms with Crippen molar-refractivity contribution in [3.05, 3.63) is 29.8 Å². The second-order valence-electron chi connectivity index (χ2n) is 5.42. The molecule has 0 aromatic heterocycles. The molecule has 0 radical (unpaired) electrons. The van der Waals surface area contributed by atoms with E-state index in [-0.39, 0.29) is 11.8 Å². The van der Waals surface area contributed by atoms with Gasteiger partial charge < -0.3 is 10.1 Å². The van der Waals surface area contributed by atoms with Crippen LogP contribution in [0.2, 0.25) is 0 Å². The van der Waals surface area contributed by atoms with Gasteiger partial charge in [0.05, 0.1) is 6.61 Å². The van der Waals surface area contributed by atoms with Gasteiger partial charge in [-0.1, -0.05) is 38.5 Å². The minimum Gasteiger partial charge on any atom is -0.493 e. The molecule has 104 valence electrons. The Morgan fingerprint density at radius 1 is 1.47 bits per heavy atom. The average molecular weight is 261 g/mol. The predicted octanol–water partition coefficient (Wildman–Crippen LogP) is 2.79. The van der Waals surface area contributed by atoms with E-state index in [0.29, 0.717) is 19.1 Å². The fraction of sp³-hybridized carbons (Fsp3) is 0.562. The van der Waals surface area contributed by atoms with Crippen molar-refractivity contribution in [1.82, 2.24) is 5.32 Å². The third kappa shape index (κ3) is 3.72. The van der Waals surface area contributed by atoms with Crippen molar-refractivity contribution in [2.75, 3.05) is 13.2 Å². The number of hydrogen-bond acceptors (Lipinski definition) is 2. The summed E-state index contributed by atoms with van der Waals surface area (Å²) in [4.78, 5) is 11.9. The Morgan fingerprint density at radius 3 is 3.05 bits per heavy atom. The maximum absolute atomic E-state index is 11.9. The molecule has 0 spiro atoms. The van der Waals surface area contributed by atoms with Crippen molar-refractivity contribution in [2.45, 2.75) is 33.1 Å². The fourth-order valence-corrected chi connectivity index (χ4v) is 2.51. The molecule has 2 atom stereocenters. The van der Waals surface area contributed by atoms with E-state index in [1.54, 1.807) is 0 Å². The molecule has 0 saturated heterocycles. The number of carbonyl (C=O) groups excluding carboxylic acids is 1. The molecule has 0 bridgehead atoms. The molecule has 3 nitrogen and oxygen atoms in total. The Labute approximate surface area is 115 Å². The van der Waals surface area contributed by atoms with E-state index in [2.05, 4.69) is 18.3 Å². The van der Waals surface area contributed by atoms with Gasteiger partial charge in [0, 0.05) is 18.4 Å². The molecule has 3 heteroatoms. The van der Waals surface area contributed by atoms with Crippen molar-refractivity contribution in [3.63, 3.8) is 0 Å². The summed E-state index contributed by atoms with van der Waals surface area (Å²) in [6.45, 7) is 5.50. The van der Waals surface area contributed by atoms with E-state index >= 15 is 0 Å². The molecule has 2 rings (SSSR count). The van der Waals surface area contributed by atoms with Crippen LogP contribution in [-0.4, -0.2) is 19.1 Å². The van der Waals surface area contributed by atoms with Gasteiger partial charge >= 0.3 is 0 Å². The van der Waals surface area contributed by atoms with Gasteiger partial charge in [-0.2, -0.15) is 0 Å². The smallest absolute Gasteiger partial charge is 0.222 e. The van der Waals surface area contributed by atoms with Gasteiger partial charge in [-0.3, -0.25) is 4.79 Å². The molecule has 1 N–H and O–H groups in total. The number of fused-ring (bicyclic) bond motifs is 1. The third-order valence-electron chi connectivity index (χ3n) is 3.69. The lowest BCUT2D eigenvalue weighted by Gasteiger charge is -2.25. The van der Waals surface area contributed by atoms with Crippen molar-refractivity contribution >= 4 is 5.91 Å². The Bertz CT molecular complexity index is 431. The van der Waals surface area contributed by atoms with Crippen LogP contribution in [0.3, 0.4) is 0 Å². The molecule has 19 heavy (non-hydrogen) atoms. The number of carbonyl (C=O) groups is 1. The van der Waals surface area contributed by atoms with Gasteiger partial charge in [0.1, 0.15) is 5.75 Å². The SMILES string of the molecule is CCCC(C)C(=O)NCC1COc2ccccc2C1. The molecule has 1 heterocycles. The normalized spacial score (nSPS) is 19.2. The van der Waals surface area contributed by atoms with E-state index < -0.39 is 0 Å². The quantitative estimate of drug-likeness (QED) is 0.885. The average Bonchev–Trinajstić information content (AvgIpc) is 2.44. The molecular weight excluding hydrogens is 238 g/mol. The van der Waals surface area contributed by atoms with Crippen LogP contribution in [-0.2, 0) is 11.2 Å². The number of para-hydroxylation sites is 1. The zero-order valence-corrected chi connectivity index (χ0v) is 11.8. The van der Waals surface area contributed by atoms with Gasteiger partial charge in [0.25, 0.3) is 0 Å². The lowest BCUT2D eigenvalue weighted by atomic mass is 9.96. The molecular formula is C16H23NO2. The summed E-state index contributed by atoms with van der Waals surface area (Å²) in [6, 6.07) is 8.14. The summed E-state index contributed by atoms with van der Waals surface area (Å²) in [5.41, 5.74) is 1.25. The highest BCUT2D eigenvalue weighted by Crippen LogP contribution is 2.26. The predicted molar refractivity (Wildman–Crippen MR) is 76.2 cm³/mol. The standard InChI is InChI=1S/C16H23NO2/c1-3-6-12(2)16(18)17-10-13-9-14-7-4-5-8-15(14)19-11-13/h4-5,7-8,12-13H,3,6,9-11H2,1-2H3,(H,17,18). The van der Waals surface area contributed by atoms with Crippen LogP contribution in [0.1, 0.15) is 32.3 Å². The highest BCUT2D eigenvalue weighted by molar-refractivity contribution is 5.78. The number of hydrogen-bond donors (Lipinski definition) is 1. The van der Waals surface area contributed by atoms with Gasteiger partial charge in [0.15, 0.2) is 0 Å². The summed E-state index contributed by atoms with van der Waals surface area (Å²) in [5.74, 6) is 1.65. The molecule has 1 amide bonds. The van der Waals surface area contributed by atoms with E-state index in [1.807, 2.05) is 25.1 Å². The van der Waals surface area contributed by atoms with E-state index in [1.165, 1.54) is 5.56 Å². The van der Waals surface area contributed by atoms with E-state index in [4.69, 9.17) is 4.74 Å². The monoisotopic (exact) mass is 261 g/mol. The maximum atomic E-state index is 11.9. The van der Waals surface area contributed by atoms with Gasteiger partial charge in [0.2, 0.25) is 5.91 Å². The Hall–Kier alpha value is -1.51. The molecule has 0 fully saturated rings. The second-order valence-corrected chi connectivity index (χ2v) is 5.42. The first-order valence-electron chi connectivity index (χ1n) is 7.19. The number of ether oxygens (including phenoxy) is 1. The first-order chi connectivity index (χ1) is 9.20. The molecule has 1 aromatic rings. The third-order valence-corrected chi connectivity index (χ3v) is 3.69. The number of amides is 1. The molecule has 2 unspecified atom stereocenters. The zero-order chi connectivity index (χ0) is 13.7. The van der Waals surface area contributed by atoms with Crippen LogP contribution in [0.5, 0.6) is 5.75 Å². The van der Waals surface area contributed by atoms with Gasteiger partial charge in [-0.25, -0.2) is 0 Å². The van der Waals surface area contributed by atoms with Crippen molar-refractivity contribution in [3.8, 4) is 5.75 Å². The minimum absolute atomic E-state index is 0.113. The highest BCUT2D eigenvalue weighted by atomic mass is 16.5. The summed E-state index contributed by atoms with van der Waals surface area (Å²) in [5, 5.41) is 3.05. The highest BCUT2D eigenvalue weighted by Gasteiger charge is 2.20. The Kier molecular flexibility index (Phi) is 4.83. The lowest BCUT2D eigenvalue weighted by molar-refractivity contribution is -0.124. The maximum Gasteiger partial charge on any atom is 0.222 e. The van der Waals surface area contributed by atoms with Crippen LogP contribution in [0, 0.1) is 11.8 Å². The van der Waals surface area contributed by atoms with E-state index in [0.717, 1.165) is 25.0 Å². The van der Waals surface area contributed by atoms with E-state index in [9.17, 15) is 4.79 Å². The Morgan fingerprint density at radius 2 is 2.26 bits per heavy atom. The first kappa shape index (κ1) is 13.9. The topological polar surface area (TPSA) is 38.3 Å². The fourth-order valence-electron chi connectivity index (χ4n) is 2.51. The van der Waals surface area contributed by atoms with Crippen molar-refractivity contribution in [2.24, 2.45) is 11.8 Å². The number of nitrogens with one attached hydrogen (secondary N) is 1. The minimum atomic E-state index is 0.113. The summed E-state index contributed by atoms with van der Waals surface area (Å²) in [6.07, 6.45) is 2.99. The first-order valence-corrected chi connectivity index (χ1v) is 7.19. The van der Waals surface area contributed by atoms with Gasteiger partial charge in [-0.15, -0.1) is 0 Å². The van der Waals surface area contributed by atoms with Crippen LogP contribution < -0.4 is 10.1 Å². The van der Waals surface area contributed by atoms with Crippen LogP contribution in [0.15, 0.2) is 24.3 Å². The lowest BCUT2D eigenvalue weighted by Crippen LogP contribution is -2.37. The van der Waals surface area contributed by atoms with Crippen LogP contribution in [0.25, 0.3) is 0 Å². The summed E-state index contributed by atoms with van der Waals surface area (Å²) < 4.78 is 5.73. The summed E-state index contributed by atoms with van der Waals surface area (Å²) >= 11 is 0. The molecule has 1 aliphatic rings. The number of benzene rings is 1. The molecule has 0 saturated carbocycles. The van der Waals surface area contributed by atoms with Crippen LogP contribution >= 0.6 is 0 Å². The van der Waals surface area contributed by atoms with Crippen molar-refractivity contribution < 1.29 is 9.53 Å². The molecule has 1 aliphatic heterocycles. The Balaban J connectivity index is 1.81. The second kappa shape index (κ2) is 6.60. The van der Waals surface area contributed by atoms with Gasteiger partial charge in [-0.05, 0) is 24.5 Å². The number of rotatable bonds is 5. The molecule has 0 aliphatic carbocycles. The largest absolute Gasteiger partial charge is 0.493 e. The van der Waals surface area contributed by atoms with Crippen molar-refractivity contribution in [1.29, 1.82) is 0 Å². The molecule has 1 aromatic carbocycles. The van der Waals surface area contributed by atoms with Crippen LogP contribution in [0.4, 0.5) is 0 Å².